The van der Waals surface area contributed by atoms with E-state index >= 15 is 0 Å². The van der Waals surface area contributed by atoms with Crippen LogP contribution in [0.3, 0.4) is 0 Å². The number of anilines is 1. The molecule has 1 aromatic heterocycles. The van der Waals surface area contributed by atoms with Gasteiger partial charge in [-0.3, -0.25) is 0 Å². The Morgan fingerprint density at radius 3 is 2.65 bits per heavy atom. The van der Waals surface area contributed by atoms with Gasteiger partial charge in [0.25, 0.3) is 0 Å². The number of para-hydroxylation sites is 1. The third-order valence-corrected chi connectivity index (χ3v) is 4.01. The Kier molecular flexibility index (Phi) is 5.17. The van der Waals surface area contributed by atoms with Gasteiger partial charge in [-0.25, -0.2) is 14.8 Å². The van der Waals surface area contributed by atoms with Crippen LogP contribution in [0.5, 0.6) is 11.5 Å². The smallest absolute Gasteiger partial charge is 0.340 e. The number of hydrogen-bond donors (Lipinski definition) is 1. The predicted octanol–water partition coefficient (Wildman–Crippen LogP) is 3.05. The lowest BCUT2D eigenvalue weighted by atomic mass is 10.1. The first kappa shape index (κ1) is 17.5. The number of rotatable bonds is 6. The van der Waals surface area contributed by atoms with Crippen LogP contribution in [0.15, 0.2) is 42.7 Å². The summed E-state index contributed by atoms with van der Waals surface area (Å²) < 4.78 is 15.4. The molecule has 0 amide bonds. The lowest BCUT2D eigenvalue weighted by Crippen LogP contribution is -2.07. The van der Waals surface area contributed by atoms with Gasteiger partial charge in [0, 0.05) is 23.6 Å². The van der Waals surface area contributed by atoms with E-state index in [9.17, 15) is 4.79 Å². The van der Waals surface area contributed by atoms with Crippen LogP contribution in [0, 0.1) is 0 Å². The zero-order valence-electron chi connectivity index (χ0n) is 14.8. The molecule has 0 atom stereocenters. The number of methoxy groups -OCH3 is 3. The summed E-state index contributed by atoms with van der Waals surface area (Å²) in [6.07, 6.45) is 1.42. The minimum atomic E-state index is -0.433. The SMILES string of the molecule is COC(=O)c1cccc2c(NCc3ccc(OC)cc3OC)ncnc12. The molecule has 0 saturated carbocycles. The Morgan fingerprint density at radius 1 is 1.08 bits per heavy atom. The molecule has 0 aliphatic rings. The number of nitrogens with one attached hydrogen (secondary N) is 1. The molecule has 0 bridgehead atoms. The summed E-state index contributed by atoms with van der Waals surface area (Å²) in [5, 5.41) is 4.02. The van der Waals surface area contributed by atoms with Crippen LogP contribution >= 0.6 is 0 Å². The van der Waals surface area contributed by atoms with Gasteiger partial charge in [-0.05, 0) is 24.3 Å². The van der Waals surface area contributed by atoms with Crippen LogP contribution < -0.4 is 14.8 Å². The summed E-state index contributed by atoms with van der Waals surface area (Å²) in [4.78, 5) is 20.5. The maximum atomic E-state index is 11.9. The van der Waals surface area contributed by atoms with E-state index in [1.54, 1.807) is 26.4 Å². The van der Waals surface area contributed by atoms with Crippen molar-refractivity contribution in [2.75, 3.05) is 26.6 Å². The molecule has 7 nitrogen and oxygen atoms in total. The summed E-state index contributed by atoms with van der Waals surface area (Å²) in [5.41, 5.74) is 1.89. The van der Waals surface area contributed by atoms with E-state index < -0.39 is 5.97 Å². The quantitative estimate of drug-likeness (QED) is 0.682. The molecule has 0 radical (unpaired) electrons. The molecule has 0 spiro atoms. The van der Waals surface area contributed by atoms with Gasteiger partial charge >= 0.3 is 5.97 Å². The number of nitrogens with zero attached hydrogens (tertiary/aromatic N) is 2. The highest BCUT2D eigenvalue weighted by molar-refractivity contribution is 6.05. The van der Waals surface area contributed by atoms with Crippen LogP contribution in [0.1, 0.15) is 15.9 Å². The van der Waals surface area contributed by atoms with Crippen LogP contribution in [-0.2, 0) is 11.3 Å². The molecule has 0 aliphatic heterocycles. The minimum absolute atomic E-state index is 0.400. The number of esters is 1. The van der Waals surface area contributed by atoms with Gasteiger partial charge in [0.15, 0.2) is 0 Å². The van der Waals surface area contributed by atoms with Crippen molar-refractivity contribution in [1.82, 2.24) is 9.97 Å². The Bertz CT molecular complexity index is 943. The first-order valence-corrected chi connectivity index (χ1v) is 7.94. The maximum Gasteiger partial charge on any atom is 0.340 e. The predicted molar refractivity (Wildman–Crippen MR) is 97.8 cm³/mol. The second kappa shape index (κ2) is 7.69. The van der Waals surface area contributed by atoms with E-state index in [1.807, 2.05) is 24.3 Å². The molecule has 2 aromatic carbocycles. The highest BCUT2D eigenvalue weighted by atomic mass is 16.5. The molecule has 0 aliphatic carbocycles. The fourth-order valence-corrected chi connectivity index (χ4v) is 2.68. The number of carbonyl (C=O) groups excluding carboxylic acids is 1. The first-order valence-electron chi connectivity index (χ1n) is 7.94. The molecule has 134 valence electrons. The van der Waals surface area contributed by atoms with E-state index in [-0.39, 0.29) is 0 Å². The van der Waals surface area contributed by atoms with E-state index in [0.29, 0.717) is 29.2 Å². The average molecular weight is 353 g/mol. The van der Waals surface area contributed by atoms with Crippen molar-refractivity contribution < 1.29 is 19.0 Å². The number of carbonyl (C=O) groups is 1. The molecular weight excluding hydrogens is 334 g/mol. The fourth-order valence-electron chi connectivity index (χ4n) is 2.68. The molecular formula is C19H19N3O4. The molecule has 0 saturated heterocycles. The molecule has 3 rings (SSSR count). The van der Waals surface area contributed by atoms with Crippen LogP contribution in [0.25, 0.3) is 10.9 Å². The molecule has 0 unspecified atom stereocenters. The van der Waals surface area contributed by atoms with Crippen LogP contribution in [0.4, 0.5) is 5.82 Å². The normalized spacial score (nSPS) is 10.4. The van der Waals surface area contributed by atoms with Gasteiger partial charge in [0.2, 0.25) is 0 Å². The summed E-state index contributed by atoms with van der Waals surface area (Å²) in [6.45, 7) is 0.488. The van der Waals surface area contributed by atoms with Gasteiger partial charge in [-0.15, -0.1) is 0 Å². The Hall–Kier alpha value is -3.35. The maximum absolute atomic E-state index is 11.9. The second-order valence-corrected chi connectivity index (χ2v) is 5.45. The summed E-state index contributed by atoms with van der Waals surface area (Å²) >= 11 is 0. The van der Waals surface area contributed by atoms with E-state index in [1.165, 1.54) is 13.4 Å². The topological polar surface area (TPSA) is 82.6 Å². The summed E-state index contributed by atoms with van der Waals surface area (Å²) in [5.74, 6) is 1.63. The van der Waals surface area contributed by atoms with E-state index in [2.05, 4.69) is 15.3 Å². The molecule has 1 heterocycles. The third kappa shape index (κ3) is 3.37. The molecule has 3 aromatic rings. The Balaban J connectivity index is 1.92. The Labute approximate surface area is 150 Å². The highest BCUT2D eigenvalue weighted by Gasteiger charge is 2.14. The molecule has 26 heavy (non-hydrogen) atoms. The van der Waals surface area contributed by atoms with Gasteiger partial charge in [-0.2, -0.15) is 0 Å². The van der Waals surface area contributed by atoms with Crippen LogP contribution in [-0.4, -0.2) is 37.3 Å². The second-order valence-electron chi connectivity index (χ2n) is 5.45. The number of fused-ring (bicyclic) bond motifs is 1. The highest BCUT2D eigenvalue weighted by Crippen LogP contribution is 2.27. The van der Waals surface area contributed by atoms with Crippen molar-refractivity contribution in [2.24, 2.45) is 0 Å². The van der Waals surface area contributed by atoms with Crippen molar-refractivity contribution >= 4 is 22.7 Å². The van der Waals surface area contributed by atoms with Crippen molar-refractivity contribution in [3.05, 3.63) is 53.9 Å². The van der Waals surface area contributed by atoms with Gasteiger partial charge < -0.3 is 19.5 Å². The van der Waals surface area contributed by atoms with Gasteiger partial charge in [0.05, 0.1) is 32.4 Å². The van der Waals surface area contributed by atoms with E-state index in [4.69, 9.17) is 14.2 Å². The lowest BCUT2D eigenvalue weighted by Gasteiger charge is -2.13. The number of hydrogen-bond acceptors (Lipinski definition) is 7. The largest absolute Gasteiger partial charge is 0.497 e. The van der Waals surface area contributed by atoms with E-state index in [0.717, 1.165) is 16.7 Å². The van der Waals surface area contributed by atoms with Crippen molar-refractivity contribution in [1.29, 1.82) is 0 Å². The van der Waals surface area contributed by atoms with Crippen LogP contribution in [0.2, 0.25) is 0 Å². The molecule has 7 heteroatoms. The standard InChI is InChI=1S/C19H19N3O4/c1-24-13-8-7-12(16(9-13)25-2)10-20-18-14-5-4-6-15(19(23)26-3)17(14)21-11-22-18/h4-9,11H,10H2,1-3H3,(H,20,21,22). The number of ether oxygens (including phenoxy) is 3. The van der Waals surface area contributed by atoms with Crippen molar-refractivity contribution in [3.8, 4) is 11.5 Å². The minimum Gasteiger partial charge on any atom is -0.497 e. The zero-order valence-corrected chi connectivity index (χ0v) is 14.8. The fraction of sp³-hybridized carbons (Fsp3) is 0.211. The van der Waals surface area contributed by atoms with Crippen molar-refractivity contribution in [2.45, 2.75) is 6.54 Å². The lowest BCUT2D eigenvalue weighted by molar-refractivity contribution is 0.0603. The molecule has 0 fully saturated rings. The summed E-state index contributed by atoms with van der Waals surface area (Å²) in [6, 6.07) is 10.9. The van der Waals surface area contributed by atoms with Gasteiger partial charge in [-0.1, -0.05) is 6.07 Å². The van der Waals surface area contributed by atoms with Gasteiger partial charge in [0.1, 0.15) is 23.6 Å². The number of aromatic nitrogens is 2. The third-order valence-electron chi connectivity index (χ3n) is 4.01. The van der Waals surface area contributed by atoms with Crippen molar-refractivity contribution in [3.63, 3.8) is 0 Å². The first-order chi connectivity index (χ1) is 12.7. The summed E-state index contributed by atoms with van der Waals surface area (Å²) in [7, 11) is 4.57. The number of benzene rings is 2. The Morgan fingerprint density at radius 2 is 1.92 bits per heavy atom. The molecule has 1 N–H and O–H groups in total. The average Bonchev–Trinajstić information content (AvgIpc) is 2.70. The monoisotopic (exact) mass is 353 g/mol. The zero-order chi connectivity index (χ0) is 18.5.